The van der Waals surface area contributed by atoms with E-state index in [9.17, 15) is 9.50 Å². The normalized spacial score (nSPS) is 16.2. The minimum Gasteiger partial charge on any atom is -0.393 e. The average molecular weight is 321 g/mol. The average Bonchev–Trinajstić information content (AvgIpc) is 3.02. The van der Waals surface area contributed by atoms with Crippen molar-refractivity contribution in [2.24, 2.45) is 0 Å². The zero-order valence-corrected chi connectivity index (χ0v) is 13.2. The lowest BCUT2D eigenvalue weighted by atomic mass is 10.1. The first-order chi connectivity index (χ1) is 10.7. The van der Waals surface area contributed by atoms with E-state index in [-0.39, 0.29) is 11.9 Å². The number of anilines is 1. The number of hydrogen-bond acceptors (Lipinski definition) is 5. The highest BCUT2D eigenvalue weighted by atomic mass is 32.1. The van der Waals surface area contributed by atoms with Crippen molar-refractivity contribution < 1.29 is 9.50 Å². The number of aromatic nitrogens is 1. The Labute approximate surface area is 133 Å². The van der Waals surface area contributed by atoms with Gasteiger partial charge in [-0.2, -0.15) is 0 Å². The van der Waals surface area contributed by atoms with E-state index >= 15 is 0 Å². The van der Waals surface area contributed by atoms with Gasteiger partial charge in [-0.25, -0.2) is 4.39 Å². The molecule has 2 heterocycles. The molecule has 22 heavy (non-hydrogen) atoms. The third-order valence-corrected chi connectivity index (χ3v) is 4.71. The molecule has 0 amide bonds. The van der Waals surface area contributed by atoms with Crippen LogP contribution in [0.15, 0.2) is 29.9 Å². The van der Waals surface area contributed by atoms with Gasteiger partial charge in [-0.15, -0.1) is 11.3 Å². The molecule has 0 bridgehead atoms. The minimum atomic E-state index is -0.241. The lowest BCUT2D eigenvalue weighted by molar-refractivity contribution is 0.145. The summed E-state index contributed by atoms with van der Waals surface area (Å²) in [6, 6.07) is 5.40. The molecule has 2 N–H and O–H groups in total. The summed E-state index contributed by atoms with van der Waals surface area (Å²) >= 11 is 1.61. The van der Waals surface area contributed by atoms with Crippen LogP contribution in [0.5, 0.6) is 0 Å². The van der Waals surface area contributed by atoms with E-state index in [0.29, 0.717) is 38.2 Å². The number of rotatable bonds is 5. The Morgan fingerprint density at radius 3 is 2.82 bits per heavy atom. The van der Waals surface area contributed by atoms with Crippen LogP contribution >= 0.6 is 11.3 Å². The van der Waals surface area contributed by atoms with Crippen LogP contribution in [0.4, 0.5) is 10.1 Å². The first-order valence-electron chi connectivity index (χ1n) is 7.52. The highest BCUT2D eigenvalue weighted by Crippen LogP contribution is 2.24. The van der Waals surface area contributed by atoms with Gasteiger partial charge in [0, 0.05) is 37.3 Å². The van der Waals surface area contributed by atoms with E-state index in [1.807, 2.05) is 23.2 Å². The van der Waals surface area contributed by atoms with E-state index in [2.05, 4.69) is 10.3 Å². The predicted molar refractivity (Wildman–Crippen MR) is 86.5 cm³/mol. The maximum absolute atomic E-state index is 14.3. The number of halogens is 1. The zero-order chi connectivity index (χ0) is 15.4. The maximum Gasteiger partial charge on any atom is 0.146 e. The van der Waals surface area contributed by atoms with Gasteiger partial charge in [0.25, 0.3) is 0 Å². The Morgan fingerprint density at radius 2 is 2.14 bits per heavy atom. The Morgan fingerprint density at radius 1 is 1.32 bits per heavy atom. The summed E-state index contributed by atoms with van der Waals surface area (Å²) in [5.74, 6) is -0.187. The maximum atomic E-state index is 14.3. The van der Waals surface area contributed by atoms with E-state index in [0.717, 1.165) is 12.1 Å². The molecule has 1 aromatic carbocycles. The van der Waals surface area contributed by atoms with Crippen LogP contribution in [-0.4, -0.2) is 29.3 Å². The monoisotopic (exact) mass is 321 g/mol. The number of aliphatic hydroxyl groups excluding tert-OH is 1. The summed E-state index contributed by atoms with van der Waals surface area (Å²) in [5.41, 5.74) is 3.38. The van der Waals surface area contributed by atoms with Crippen LogP contribution < -0.4 is 10.2 Å². The first kappa shape index (κ1) is 15.4. The molecule has 0 unspecified atom stereocenters. The Bertz CT molecular complexity index is 597. The molecule has 1 fully saturated rings. The Hall–Kier alpha value is -1.50. The summed E-state index contributed by atoms with van der Waals surface area (Å²) < 4.78 is 14.3. The predicted octanol–water partition coefficient (Wildman–Crippen LogP) is 2.53. The van der Waals surface area contributed by atoms with Crippen molar-refractivity contribution in [3.63, 3.8) is 0 Å². The van der Waals surface area contributed by atoms with Crippen LogP contribution in [0.1, 0.15) is 23.3 Å². The standard InChI is InChI=1S/C16H20FN3OS/c17-15-7-12(8-18-9-14-10-19-11-22-14)1-2-16(15)20-5-3-13(21)4-6-20/h1-2,7,10-11,13,18,21H,3-6,8-9H2. The van der Waals surface area contributed by atoms with Crippen molar-refractivity contribution in [2.45, 2.75) is 32.0 Å². The van der Waals surface area contributed by atoms with Crippen LogP contribution in [0.25, 0.3) is 0 Å². The molecular weight excluding hydrogens is 301 g/mol. The van der Waals surface area contributed by atoms with Gasteiger partial charge in [-0.3, -0.25) is 4.98 Å². The SMILES string of the molecule is OC1CCN(c2ccc(CNCc3cncs3)cc2F)CC1. The summed E-state index contributed by atoms with van der Waals surface area (Å²) in [4.78, 5) is 7.21. The molecule has 3 rings (SSSR count). The second kappa shape index (κ2) is 7.17. The van der Waals surface area contributed by atoms with Gasteiger partial charge in [0.05, 0.1) is 17.3 Å². The van der Waals surface area contributed by atoms with Crippen molar-refractivity contribution in [1.29, 1.82) is 0 Å². The van der Waals surface area contributed by atoms with Gasteiger partial charge in [0.2, 0.25) is 0 Å². The zero-order valence-electron chi connectivity index (χ0n) is 12.3. The fourth-order valence-electron chi connectivity index (χ4n) is 2.68. The Balaban J connectivity index is 1.57. The topological polar surface area (TPSA) is 48.4 Å². The number of thiazole rings is 1. The van der Waals surface area contributed by atoms with Crippen molar-refractivity contribution in [3.05, 3.63) is 46.2 Å². The van der Waals surface area contributed by atoms with Gasteiger partial charge >= 0.3 is 0 Å². The molecule has 0 spiro atoms. The molecule has 0 saturated carbocycles. The quantitative estimate of drug-likeness (QED) is 0.888. The minimum absolute atomic E-state index is 0.187. The van der Waals surface area contributed by atoms with Gasteiger partial charge in [-0.05, 0) is 30.5 Å². The molecule has 118 valence electrons. The van der Waals surface area contributed by atoms with Crippen molar-refractivity contribution in [1.82, 2.24) is 10.3 Å². The molecule has 0 atom stereocenters. The molecule has 4 nitrogen and oxygen atoms in total. The Kier molecular flexibility index (Phi) is 5.02. The highest BCUT2D eigenvalue weighted by molar-refractivity contribution is 7.09. The van der Waals surface area contributed by atoms with E-state index in [1.165, 1.54) is 4.88 Å². The third kappa shape index (κ3) is 3.82. The molecule has 1 saturated heterocycles. The summed E-state index contributed by atoms with van der Waals surface area (Å²) in [7, 11) is 0. The second-order valence-electron chi connectivity index (χ2n) is 5.58. The second-order valence-corrected chi connectivity index (χ2v) is 6.55. The molecule has 2 aromatic rings. The fraction of sp³-hybridized carbons (Fsp3) is 0.438. The van der Waals surface area contributed by atoms with E-state index in [4.69, 9.17) is 0 Å². The molecule has 1 aliphatic rings. The molecule has 1 aromatic heterocycles. The highest BCUT2D eigenvalue weighted by Gasteiger charge is 2.19. The largest absolute Gasteiger partial charge is 0.393 e. The van der Waals surface area contributed by atoms with Crippen LogP contribution in [0.3, 0.4) is 0 Å². The number of nitrogens with zero attached hydrogens (tertiary/aromatic N) is 2. The van der Waals surface area contributed by atoms with Crippen molar-refractivity contribution in [3.8, 4) is 0 Å². The number of benzene rings is 1. The van der Waals surface area contributed by atoms with Crippen LogP contribution in [0.2, 0.25) is 0 Å². The molecule has 6 heteroatoms. The fourth-order valence-corrected chi connectivity index (χ4v) is 3.25. The van der Waals surface area contributed by atoms with Gasteiger partial charge < -0.3 is 15.3 Å². The third-order valence-electron chi connectivity index (χ3n) is 3.93. The smallest absolute Gasteiger partial charge is 0.146 e. The lowest BCUT2D eigenvalue weighted by Gasteiger charge is -2.31. The molecule has 1 aliphatic heterocycles. The van der Waals surface area contributed by atoms with Gasteiger partial charge in [0.1, 0.15) is 5.82 Å². The first-order valence-corrected chi connectivity index (χ1v) is 8.40. The van der Waals surface area contributed by atoms with Gasteiger partial charge in [0.15, 0.2) is 0 Å². The van der Waals surface area contributed by atoms with Crippen molar-refractivity contribution >= 4 is 17.0 Å². The summed E-state index contributed by atoms with van der Waals surface area (Å²) in [6.07, 6.45) is 3.01. The number of piperidine rings is 1. The number of nitrogens with one attached hydrogen (secondary N) is 1. The molecule has 0 radical (unpaired) electrons. The number of aliphatic hydroxyl groups is 1. The van der Waals surface area contributed by atoms with Crippen molar-refractivity contribution in [2.75, 3.05) is 18.0 Å². The molecular formula is C16H20FN3OS. The van der Waals surface area contributed by atoms with E-state index in [1.54, 1.807) is 22.9 Å². The summed E-state index contributed by atoms with van der Waals surface area (Å²) in [6.45, 7) is 2.80. The van der Waals surface area contributed by atoms with Crippen LogP contribution in [0, 0.1) is 5.82 Å². The van der Waals surface area contributed by atoms with Gasteiger partial charge in [-0.1, -0.05) is 6.07 Å². The van der Waals surface area contributed by atoms with E-state index < -0.39 is 0 Å². The lowest BCUT2D eigenvalue weighted by Crippen LogP contribution is -2.36. The summed E-state index contributed by atoms with van der Waals surface area (Å²) in [5, 5.41) is 12.8. The number of hydrogen-bond donors (Lipinski definition) is 2. The van der Waals surface area contributed by atoms with Crippen LogP contribution in [-0.2, 0) is 13.1 Å². The molecule has 0 aliphatic carbocycles.